The molecule has 2 aromatic rings. The van der Waals surface area contributed by atoms with Gasteiger partial charge in [0, 0.05) is 26.7 Å². The summed E-state index contributed by atoms with van der Waals surface area (Å²) in [5, 5.41) is 4.08. The number of nitrogens with zero attached hydrogens (tertiary/aromatic N) is 3. The molecule has 0 N–H and O–H groups in total. The Morgan fingerprint density at radius 1 is 1.53 bits per heavy atom. The van der Waals surface area contributed by atoms with Gasteiger partial charge in [-0.15, -0.1) is 0 Å². The van der Waals surface area contributed by atoms with Crippen molar-refractivity contribution in [2.45, 2.75) is 19.4 Å². The molecule has 0 saturated heterocycles. The third-order valence-corrected chi connectivity index (χ3v) is 3.26. The van der Waals surface area contributed by atoms with E-state index in [0.717, 1.165) is 11.3 Å². The minimum Gasteiger partial charge on any atom is -0.452 e. The monoisotopic (exact) mass is 325 g/mol. The summed E-state index contributed by atoms with van der Waals surface area (Å²) in [6.45, 7) is 0.484. The Morgan fingerprint density at radius 2 is 2.32 bits per heavy atom. The van der Waals surface area contributed by atoms with E-state index < -0.39 is 0 Å². The third kappa shape index (κ3) is 3.96. The van der Waals surface area contributed by atoms with E-state index in [-0.39, 0.29) is 5.91 Å². The van der Waals surface area contributed by atoms with Crippen LogP contribution in [0.2, 0.25) is 0 Å². The lowest BCUT2D eigenvalue weighted by Gasteiger charge is -2.15. The molecule has 5 nitrogen and oxygen atoms in total. The molecule has 0 aromatic carbocycles. The molecule has 2 aromatic heterocycles. The first-order valence-corrected chi connectivity index (χ1v) is 6.79. The second-order valence-corrected chi connectivity index (χ2v) is 5.26. The molecule has 0 aliphatic carbocycles. The normalized spacial score (nSPS) is 10.7. The van der Waals surface area contributed by atoms with Crippen LogP contribution < -0.4 is 0 Å². The Hall–Kier alpha value is -1.56. The molecule has 0 atom stereocenters. The average Bonchev–Trinajstić information content (AvgIpc) is 2.95. The van der Waals surface area contributed by atoms with Gasteiger partial charge in [0.2, 0.25) is 5.91 Å². The van der Waals surface area contributed by atoms with E-state index in [1.165, 1.54) is 0 Å². The van der Waals surface area contributed by atoms with E-state index in [0.29, 0.717) is 24.1 Å². The summed E-state index contributed by atoms with van der Waals surface area (Å²) in [6, 6.07) is 3.68. The molecule has 1 amide bonds. The molecule has 19 heavy (non-hydrogen) atoms. The van der Waals surface area contributed by atoms with Gasteiger partial charge >= 0.3 is 0 Å². The van der Waals surface area contributed by atoms with Crippen LogP contribution in [0.4, 0.5) is 0 Å². The molecule has 6 heteroatoms. The van der Waals surface area contributed by atoms with Crippen LogP contribution in [-0.4, -0.2) is 27.6 Å². The Morgan fingerprint density at radius 3 is 2.89 bits per heavy atom. The second kappa shape index (κ2) is 6.06. The van der Waals surface area contributed by atoms with Crippen molar-refractivity contribution in [1.82, 2.24) is 14.7 Å². The molecule has 0 fully saturated rings. The summed E-state index contributed by atoms with van der Waals surface area (Å²) in [6.07, 6.45) is 4.90. The van der Waals surface area contributed by atoms with Crippen molar-refractivity contribution in [2.24, 2.45) is 7.05 Å². The summed E-state index contributed by atoms with van der Waals surface area (Å²) >= 11 is 3.24. The van der Waals surface area contributed by atoms with Crippen molar-refractivity contribution in [3.05, 3.63) is 40.5 Å². The number of carbonyl (C=O) groups is 1. The van der Waals surface area contributed by atoms with Crippen LogP contribution in [0.25, 0.3) is 0 Å². The molecule has 2 rings (SSSR count). The highest BCUT2D eigenvalue weighted by Gasteiger charge is 2.11. The first kappa shape index (κ1) is 13.9. The zero-order valence-corrected chi connectivity index (χ0v) is 12.6. The number of amides is 1. The molecular formula is C13H16BrN3O2. The van der Waals surface area contributed by atoms with Crippen molar-refractivity contribution in [3.63, 3.8) is 0 Å². The van der Waals surface area contributed by atoms with Gasteiger partial charge < -0.3 is 9.32 Å². The number of aromatic nitrogens is 2. The number of halogens is 1. The van der Waals surface area contributed by atoms with Crippen molar-refractivity contribution in [2.75, 3.05) is 7.05 Å². The maximum absolute atomic E-state index is 12.0. The minimum atomic E-state index is 0.0939. The SMILES string of the molecule is CN(Cc1ccc(Br)o1)C(=O)CCc1cnn(C)c1. The van der Waals surface area contributed by atoms with Crippen LogP contribution in [-0.2, 0) is 24.8 Å². The van der Waals surface area contributed by atoms with Crippen molar-refractivity contribution < 1.29 is 9.21 Å². The summed E-state index contributed by atoms with van der Waals surface area (Å²) in [5.41, 5.74) is 1.07. The molecule has 0 unspecified atom stereocenters. The molecule has 0 saturated carbocycles. The van der Waals surface area contributed by atoms with Gasteiger partial charge in [0.1, 0.15) is 5.76 Å². The Balaban J connectivity index is 1.82. The van der Waals surface area contributed by atoms with E-state index in [4.69, 9.17) is 4.42 Å². The number of carbonyl (C=O) groups excluding carboxylic acids is 1. The number of furan rings is 1. The lowest BCUT2D eigenvalue weighted by Crippen LogP contribution is -2.26. The van der Waals surface area contributed by atoms with E-state index in [9.17, 15) is 4.79 Å². The second-order valence-electron chi connectivity index (χ2n) is 4.48. The first-order valence-electron chi connectivity index (χ1n) is 6.00. The predicted molar refractivity (Wildman–Crippen MR) is 74.4 cm³/mol. The van der Waals surface area contributed by atoms with Crippen LogP contribution in [0.5, 0.6) is 0 Å². The van der Waals surface area contributed by atoms with Crippen molar-refractivity contribution >= 4 is 21.8 Å². The van der Waals surface area contributed by atoms with Crippen LogP contribution in [0.15, 0.2) is 33.6 Å². The zero-order valence-electron chi connectivity index (χ0n) is 11.0. The van der Waals surface area contributed by atoms with E-state index >= 15 is 0 Å². The lowest BCUT2D eigenvalue weighted by molar-refractivity contribution is -0.130. The molecule has 0 spiro atoms. The highest BCUT2D eigenvalue weighted by Crippen LogP contribution is 2.15. The number of aryl methyl sites for hydroxylation is 2. The fraction of sp³-hybridized carbons (Fsp3) is 0.385. The highest BCUT2D eigenvalue weighted by atomic mass is 79.9. The van der Waals surface area contributed by atoms with Gasteiger partial charge in [0.15, 0.2) is 4.67 Å². The first-order chi connectivity index (χ1) is 9.04. The summed E-state index contributed by atoms with van der Waals surface area (Å²) < 4.78 is 7.80. The predicted octanol–water partition coefficient (Wildman–Crippen LogP) is 2.37. The number of hydrogen-bond donors (Lipinski definition) is 0. The van der Waals surface area contributed by atoms with Crippen LogP contribution in [0.3, 0.4) is 0 Å². The maximum atomic E-state index is 12.0. The van der Waals surface area contributed by atoms with Gasteiger partial charge in [-0.25, -0.2) is 0 Å². The summed E-state index contributed by atoms with van der Waals surface area (Å²) in [5.74, 6) is 0.862. The van der Waals surface area contributed by atoms with Crippen LogP contribution in [0, 0.1) is 0 Å². The topological polar surface area (TPSA) is 51.3 Å². The molecule has 0 bridgehead atoms. The Kier molecular flexibility index (Phi) is 4.42. The zero-order chi connectivity index (χ0) is 13.8. The smallest absolute Gasteiger partial charge is 0.223 e. The van der Waals surface area contributed by atoms with Crippen LogP contribution >= 0.6 is 15.9 Å². The average molecular weight is 326 g/mol. The van der Waals surface area contributed by atoms with Crippen molar-refractivity contribution in [1.29, 1.82) is 0 Å². The largest absolute Gasteiger partial charge is 0.452 e. The number of rotatable bonds is 5. The van der Waals surface area contributed by atoms with Crippen LogP contribution in [0.1, 0.15) is 17.7 Å². The molecule has 2 heterocycles. The van der Waals surface area contributed by atoms with E-state index in [1.54, 1.807) is 22.8 Å². The third-order valence-electron chi connectivity index (χ3n) is 2.83. The van der Waals surface area contributed by atoms with Crippen molar-refractivity contribution in [3.8, 4) is 0 Å². The van der Waals surface area contributed by atoms with Gasteiger partial charge in [-0.2, -0.15) is 5.10 Å². The Bertz CT molecular complexity index is 562. The van der Waals surface area contributed by atoms with Gasteiger partial charge in [-0.3, -0.25) is 9.48 Å². The molecule has 0 radical (unpaired) electrons. The van der Waals surface area contributed by atoms with Gasteiger partial charge in [0.25, 0.3) is 0 Å². The lowest BCUT2D eigenvalue weighted by atomic mass is 10.2. The highest BCUT2D eigenvalue weighted by molar-refractivity contribution is 9.10. The molecule has 0 aliphatic rings. The molecule has 102 valence electrons. The van der Waals surface area contributed by atoms with E-state index in [1.807, 2.05) is 25.4 Å². The number of hydrogen-bond acceptors (Lipinski definition) is 3. The maximum Gasteiger partial charge on any atom is 0.223 e. The summed E-state index contributed by atoms with van der Waals surface area (Å²) in [4.78, 5) is 13.6. The fourth-order valence-electron chi connectivity index (χ4n) is 1.80. The van der Waals surface area contributed by atoms with Gasteiger partial charge in [0.05, 0.1) is 12.7 Å². The van der Waals surface area contributed by atoms with Gasteiger partial charge in [-0.1, -0.05) is 0 Å². The minimum absolute atomic E-state index is 0.0939. The standard InChI is InChI=1S/C13H16BrN3O2/c1-16(9-11-4-5-12(14)19-11)13(18)6-3-10-7-15-17(2)8-10/h4-5,7-8H,3,6,9H2,1-2H3. The van der Waals surface area contributed by atoms with E-state index in [2.05, 4.69) is 21.0 Å². The molecule has 0 aliphatic heterocycles. The Labute approximate surface area is 120 Å². The summed E-state index contributed by atoms with van der Waals surface area (Å²) in [7, 11) is 3.65. The quantitative estimate of drug-likeness (QED) is 0.848. The molecular weight excluding hydrogens is 310 g/mol. The fourth-order valence-corrected chi connectivity index (χ4v) is 2.14. The van der Waals surface area contributed by atoms with Gasteiger partial charge in [-0.05, 0) is 40.0 Å².